The molecule has 4 rings (SSSR count). The van der Waals surface area contributed by atoms with Crippen molar-refractivity contribution in [2.24, 2.45) is 0 Å². The molecule has 0 spiro atoms. The van der Waals surface area contributed by atoms with Gasteiger partial charge in [-0.05, 0) is 55.5 Å². The summed E-state index contributed by atoms with van der Waals surface area (Å²) in [6.07, 6.45) is 5.39. The van der Waals surface area contributed by atoms with Crippen LogP contribution in [0.1, 0.15) is 58.7 Å². The van der Waals surface area contributed by atoms with Crippen LogP contribution in [0.25, 0.3) is 0 Å². The van der Waals surface area contributed by atoms with E-state index in [1.54, 1.807) is 25.1 Å². The van der Waals surface area contributed by atoms with Crippen LogP contribution in [0.2, 0.25) is 0 Å². The van der Waals surface area contributed by atoms with Crippen LogP contribution in [-0.4, -0.2) is 35.2 Å². The summed E-state index contributed by atoms with van der Waals surface area (Å²) < 4.78 is 10.9. The average Bonchev–Trinajstić information content (AvgIpc) is 3.60. The number of rotatable bonds is 9. The third kappa shape index (κ3) is 5.73. The van der Waals surface area contributed by atoms with Crippen molar-refractivity contribution in [1.29, 1.82) is 0 Å². The molecule has 0 aliphatic heterocycles. The molecule has 174 valence electrons. The number of amides is 3. The summed E-state index contributed by atoms with van der Waals surface area (Å²) in [5, 5.41) is 7.60. The van der Waals surface area contributed by atoms with E-state index >= 15 is 0 Å². The number of thiophene rings is 1. The minimum atomic E-state index is -0.950. The van der Waals surface area contributed by atoms with E-state index in [9.17, 15) is 14.4 Å². The van der Waals surface area contributed by atoms with Crippen LogP contribution in [0.5, 0.6) is 0 Å². The summed E-state index contributed by atoms with van der Waals surface area (Å²) in [6, 6.07) is 9.57. The highest BCUT2D eigenvalue weighted by molar-refractivity contribution is 7.09. The molecule has 3 amide bonds. The third-order valence-corrected chi connectivity index (χ3v) is 6.53. The zero-order valence-corrected chi connectivity index (χ0v) is 19.2. The first-order chi connectivity index (χ1) is 16.0. The highest BCUT2D eigenvalue weighted by atomic mass is 32.1. The molecule has 33 heavy (non-hydrogen) atoms. The van der Waals surface area contributed by atoms with Gasteiger partial charge in [-0.1, -0.05) is 18.9 Å². The number of nitrogens with one attached hydrogen (secondary N) is 2. The zero-order chi connectivity index (χ0) is 23.2. The first-order valence-electron chi connectivity index (χ1n) is 11.0. The van der Waals surface area contributed by atoms with Gasteiger partial charge in [-0.2, -0.15) is 0 Å². The number of carbonyl (C=O) groups excluding carboxylic acids is 3. The van der Waals surface area contributed by atoms with Crippen LogP contribution < -0.4 is 10.6 Å². The van der Waals surface area contributed by atoms with Gasteiger partial charge in [0, 0.05) is 10.9 Å². The molecule has 1 saturated carbocycles. The highest BCUT2D eigenvalue weighted by Gasteiger charge is 2.35. The first kappa shape index (κ1) is 22.8. The number of nitrogens with zero attached hydrogens (tertiary/aromatic N) is 1. The van der Waals surface area contributed by atoms with E-state index < -0.39 is 17.9 Å². The molecule has 2 N–H and O–H groups in total. The van der Waals surface area contributed by atoms with E-state index in [0.29, 0.717) is 11.5 Å². The quantitative estimate of drug-likeness (QED) is 0.496. The van der Waals surface area contributed by atoms with E-state index in [-0.39, 0.29) is 30.8 Å². The van der Waals surface area contributed by atoms with Crippen molar-refractivity contribution in [2.45, 2.75) is 51.2 Å². The van der Waals surface area contributed by atoms with Crippen LogP contribution in [0, 0.1) is 6.92 Å². The fourth-order valence-corrected chi connectivity index (χ4v) is 4.72. The maximum Gasteiger partial charge on any atom is 0.287 e. The van der Waals surface area contributed by atoms with Gasteiger partial charge in [-0.15, -0.1) is 11.3 Å². The molecule has 8 nitrogen and oxygen atoms in total. The van der Waals surface area contributed by atoms with Crippen LogP contribution in [-0.2, 0) is 16.1 Å². The van der Waals surface area contributed by atoms with E-state index in [1.807, 2.05) is 17.5 Å². The molecule has 1 aliphatic carbocycles. The number of furan rings is 2. The molecule has 0 saturated heterocycles. The lowest BCUT2D eigenvalue weighted by Crippen LogP contribution is -2.48. The topological polar surface area (TPSA) is 105 Å². The van der Waals surface area contributed by atoms with Gasteiger partial charge < -0.3 is 24.4 Å². The summed E-state index contributed by atoms with van der Waals surface area (Å²) in [6.45, 7) is 1.73. The predicted octanol–water partition coefficient (Wildman–Crippen LogP) is 3.80. The van der Waals surface area contributed by atoms with Gasteiger partial charge in [0.25, 0.3) is 11.8 Å². The Hall–Kier alpha value is -3.33. The second kappa shape index (κ2) is 10.5. The van der Waals surface area contributed by atoms with Crippen LogP contribution >= 0.6 is 11.3 Å². The van der Waals surface area contributed by atoms with Crippen LogP contribution in [0.15, 0.2) is 56.9 Å². The normalized spacial score (nSPS) is 14.7. The standard InChI is InChI=1S/C24H27N3O5S/c1-16-10-11-19(32-16)22(24(30)26-17-6-2-3-7-17)27(15-18-8-5-13-33-18)21(28)14-25-23(29)20-9-4-12-31-20/h4-5,8-13,17,22H,2-3,6-7,14-15H2,1H3,(H,25,29)(H,26,30). The largest absolute Gasteiger partial charge is 0.464 e. The molecule has 1 fully saturated rings. The summed E-state index contributed by atoms with van der Waals surface area (Å²) in [5.74, 6) is -0.0129. The minimum absolute atomic E-state index is 0.0911. The Labute approximate surface area is 195 Å². The van der Waals surface area contributed by atoms with Crippen molar-refractivity contribution in [2.75, 3.05) is 6.54 Å². The molecule has 1 aliphatic rings. The molecule has 9 heteroatoms. The van der Waals surface area contributed by atoms with Gasteiger partial charge in [-0.25, -0.2) is 0 Å². The number of hydrogen-bond donors (Lipinski definition) is 2. The molecular formula is C24H27N3O5S. The summed E-state index contributed by atoms with van der Waals surface area (Å²) in [7, 11) is 0. The first-order valence-corrected chi connectivity index (χ1v) is 11.9. The van der Waals surface area contributed by atoms with E-state index in [4.69, 9.17) is 8.83 Å². The average molecular weight is 470 g/mol. The van der Waals surface area contributed by atoms with Gasteiger partial charge in [0.1, 0.15) is 11.5 Å². The van der Waals surface area contributed by atoms with E-state index in [2.05, 4.69) is 10.6 Å². The van der Waals surface area contributed by atoms with Gasteiger partial charge in [-0.3, -0.25) is 14.4 Å². The Kier molecular flexibility index (Phi) is 7.29. The van der Waals surface area contributed by atoms with Gasteiger partial charge >= 0.3 is 0 Å². The maximum atomic E-state index is 13.4. The molecule has 0 aromatic carbocycles. The molecular weight excluding hydrogens is 442 g/mol. The Morgan fingerprint density at radius 2 is 1.97 bits per heavy atom. The SMILES string of the molecule is Cc1ccc(C(C(=O)NC2CCCC2)N(Cc2cccs2)C(=O)CNC(=O)c2ccco2)o1. The Bertz CT molecular complexity index is 1070. The number of carbonyl (C=O) groups is 3. The monoisotopic (exact) mass is 469 g/mol. The van der Waals surface area contributed by atoms with Crippen LogP contribution in [0.4, 0.5) is 0 Å². The van der Waals surface area contributed by atoms with Gasteiger partial charge in [0.15, 0.2) is 11.8 Å². The van der Waals surface area contributed by atoms with Gasteiger partial charge in [0.2, 0.25) is 5.91 Å². The lowest BCUT2D eigenvalue weighted by Gasteiger charge is -2.30. The predicted molar refractivity (Wildman–Crippen MR) is 122 cm³/mol. The van der Waals surface area contributed by atoms with E-state index in [1.165, 1.54) is 28.6 Å². The Morgan fingerprint density at radius 3 is 2.61 bits per heavy atom. The fourth-order valence-electron chi connectivity index (χ4n) is 4.02. The number of aryl methyl sites for hydroxylation is 1. The molecule has 1 atom stereocenters. The van der Waals surface area contributed by atoms with Crippen molar-refractivity contribution < 1.29 is 23.2 Å². The summed E-state index contributed by atoms with van der Waals surface area (Å²) in [4.78, 5) is 41.5. The summed E-state index contributed by atoms with van der Waals surface area (Å²) >= 11 is 1.49. The lowest BCUT2D eigenvalue weighted by atomic mass is 10.1. The summed E-state index contributed by atoms with van der Waals surface area (Å²) in [5.41, 5.74) is 0. The smallest absolute Gasteiger partial charge is 0.287 e. The zero-order valence-electron chi connectivity index (χ0n) is 18.4. The van der Waals surface area contributed by atoms with Crippen LogP contribution in [0.3, 0.4) is 0 Å². The molecule has 3 aromatic rings. The highest BCUT2D eigenvalue weighted by Crippen LogP contribution is 2.28. The molecule has 1 unspecified atom stereocenters. The molecule has 3 heterocycles. The minimum Gasteiger partial charge on any atom is -0.464 e. The Balaban J connectivity index is 1.58. The molecule has 0 radical (unpaired) electrons. The second-order valence-corrected chi connectivity index (χ2v) is 9.13. The number of hydrogen-bond acceptors (Lipinski definition) is 6. The molecule has 3 aromatic heterocycles. The van der Waals surface area contributed by atoms with Gasteiger partial charge in [0.05, 0.1) is 19.4 Å². The lowest BCUT2D eigenvalue weighted by molar-refractivity contribution is -0.141. The Morgan fingerprint density at radius 1 is 1.15 bits per heavy atom. The molecule has 0 bridgehead atoms. The second-order valence-electron chi connectivity index (χ2n) is 8.10. The van der Waals surface area contributed by atoms with Crippen molar-refractivity contribution in [3.8, 4) is 0 Å². The maximum absolute atomic E-state index is 13.4. The van der Waals surface area contributed by atoms with Crippen molar-refractivity contribution in [3.05, 3.63) is 70.2 Å². The van der Waals surface area contributed by atoms with Crippen molar-refractivity contribution >= 4 is 29.1 Å². The van der Waals surface area contributed by atoms with Crippen molar-refractivity contribution in [1.82, 2.24) is 15.5 Å². The van der Waals surface area contributed by atoms with Crippen molar-refractivity contribution in [3.63, 3.8) is 0 Å². The van der Waals surface area contributed by atoms with E-state index in [0.717, 1.165) is 30.6 Å². The third-order valence-electron chi connectivity index (χ3n) is 5.66. The fraction of sp³-hybridized carbons (Fsp3) is 0.375.